The van der Waals surface area contributed by atoms with E-state index in [0.29, 0.717) is 11.8 Å². The minimum atomic E-state index is -0.174. The summed E-state index contributed by atoms with van der Waals surface area (Å²) < 4.78 is 10.6. The average Bonchev–Trinajstić information content (AvgIpc) is 3.09. The first-order chi connectivity index (χ1) is 12.6. The van der Waals surface area contributed by atoms with Crippen LogP contribution in [-0.4, -0.2) is 25.3 Å². The van der Waals surface area contributed by atoms with Gasteiger partial charge in [0.25, 0.3) is 0 Å². The fourth-order valence-corrected chi connectivity index (χ4v) is 2.95. The highest BCUT2D eigenvalue weighted by Gasteiger charge is 2.12. The molecule has 0 aromatic heterocycles. The molecular weight excluding hydrogens is 328 g/mol. The largest absolute Gasteiger partial charge is 0.454 e. The normalized spacial score (nSPS) is 12.6. The molecule has 1 N–H and O–H groups in total. The van der Waals surface area contributed by atoms with E-state index in [2.05, 4.69) is 31.0 Å². The van der Waals surface area contributed by atoms with Crippen molar-refractivity contribution < 1.29 is 14.3 Å². The molecule has 1 heterocycles. The number of carbonyl (C=O) groups excluding carboxylic acids is 1. The Morgan fingerprint density at radius 1 is 1.15 bits per heavy atom. The van der Waals surface area contributed by atoms with E-state index in [9.17, 15) is 4.79 Å². The number of anilines is 2. The smallest absolute Gasteiger partial charge is 0.248 e. The van der Waals surface area contributed by atoms with Gasteiger partial charge in [-0.1, -0.05) is 6.07 Å². The lowest BCUT2D eigenvalue weighted by Crippen LogP contribution is -2.30. The second kappa shape index (κ2) is 7.95. The molecule has 1 aliphatic rings. The van der Waals surface area contributed by atoms with Crippen LogP contribution in [0, 0.1) is 0 Å². The van der Waals surface area contributed by atoms with Crippen LogP contribution in [0.2, 0.25) is 0 Å². The zero-order chi connectivity index (χ0) is 18.5. The average molecular weight is 352 g/mol. The molecule has 26 heavy (non-hydrogen) atoms. The van der Waals surface area contributed by atoms with E-state index in [4.69, 9.17) is 9.47 Å². The Balaban J connectivity index is 1.61. The lowest BCUT2D eigenvalue weighted by Gasteiger charge is -2.27. The molecular formula is C21H24N2O3. The standard InChI is InChI=1S/C21H24N2O3/c1-4-23(15(2)3)18-9-7-17(8-10-18)22-21(24)12-6-16-5-11-19-20(13-16)26-14-25-19/h5-13,15H,4,14H2,1-3H3,(H,22,24). The minimum Gasteiger partial charge on any atom is -0.454 e. The quantitative estimate of drug-likeness (QED) is 0.788. The molecule has 136 valence electrons. The molecule has 0 spiro atoms. The highest BCUT2D eigenvalue weighted by atomic mass is 16.7. The highest BCUT2D eigenvalue weighted by molar-refractivity contribution is 6.02. The van der Waals surface area contributed by atoms with E-state index in [-0.39, 0.29) is 12.7 Å². The Bertz CT molecular complexity index is 797. The number of amides is 1. The Morgan fingerprint density at radius 2 is 1.88 bits per heavy atom. The third kappa shape index (κ3) is 4.17. The van der Waals surface area contributed by atoms with Crippen molar-refractivity contribution in [3.63, 3.8) is 0 Å². The minimum absolute atomic E-state index is 0.174. The summed E-state index contributed by atoms with van der Waals surface area (Å²) in [6.45, 7) is 7.66. The third-order valence-corrected chi connectivity index (χ3v) is 4.25. The van der Waals surface area contributed by atoms with Gasteiger partial charge in [0.05, 0.1) is 0 Å². The van der Waals surface area contributed by atoms with Crippen molar-refractivity contribution in [1.82, 2.24) is 0 Å². The maximum atomic E-state index is 12.1. The SMILES string of the molecule is CCN(c1ccc(NC(=O)C=Cc2ccc3c(c2)OCO3)cc1)C(C)C. The topological polar surface area (TPSA) is 50.8 Å². The molecule has 0 unspecified atom stereocenters. The van der Waals surface area contributed by atoms with Gasteiger partial charge in [0.1, 0.15) is 0 Å². The molecule has 3 rings (SSSR count). The number of nitrogens with one attached hydrogen (secondary N) is 1. The first kappa shape index (κ1) is 17.9. The van der Waals surface area contributed by atoms with Crippen LogP contribution in [0.1, 0.15) is 26.3 Å². The highest BCUT2D eigenvalue weighted by Crippen LogP contribution is 2.32. The van der Waals surface area contributed by atoms with Gasteiger partial charge in [-0.05, 0) is 68.8 Å². The zero-order valence-electron chi connectivity index (χ0n) is 15.4. The molecule has 1 aliphatic heterocycles. The maximum Gasteiger partial charge on any atom is 0.248 e. The summed E-state index contributed by atoms with van der Waals surface area (Å²) in [5.41, 5.74) is 2.81. The van der Waals surface area contributed by atoms with E-state index in [0.717, 1.165) is 29.2 Å². The van der Waals surface area contributed by atoms with Gasteiger partial charge >= 0.3 is 0 Å². The molecule has 5 heteroatoms. The predicted octanol–water partition coefficient (Wildman–Crippen LogP) is 4.30. The zero-order valence-corrected chi connectivity index (χ0v) is 15.4. The van der Waals surface area contributed by atoms with Crippen molar-refractivity contribution >= 4 is 23.4 Å². The predicted molar refractivity (Wildman–Crippen MR) is 105 cm³/mol. The van der Waals surface area contributed by atoms with Crippen LogP contribution in [0.4, 0.5) is 11.4 Å². The second-order valence-corrected chi connectivity index (χ2v) is 6.36. The molecule has 5 nitrogen and oxygen atoms in total. The van der Waals surface area contributed by atoms with E-state index < -0.39 is 0 Å². The monoisotopic (exact) mass is 352 g/mol. The summed E-state index contributed by atoms with van der Waals surface area (Å²) in [5.74, 6) is 1.26. The number of hydrogen-bond acceptors (Lipinski definition) is 4. The van der Waals surface area contributed by atoms with Crippen LogP contribution in [-0.2, 0) is 4.79 Å². The second-order valence-electron chi connectivity index (χ2n) is 6.36. The number of hydrogen-bond donors (Lipinski definition) is 1. The summed E-state index contributed by atoms with van der Waals surface area (Å²) in [5, 5.41) is 2.88. The van der Waals surface area contributed by atoms with Crippen molar-refractivity contribution in [3.05, 3.63) is 54.1 Å². The van der Waals surface area contributed by atoms with Crippen LogP contribution >= 0.6 is 0 Å². The van der Waals surface area contributed by atoms with Crippen molar-refractivity contribution in [2.75, 3.05) is 23.6 Å². The van der Waals surface area contributed by atoms with Gasteiger partial charge in [0, 0.05) is 30.0 Å². The fourth-order valence-electron chi connectivity index (χ4n) is 2.95. The number of benzene rings is 2. The summed E-state index contributed by atoms with van der Waals surface area (Å²) >= 11 is 0. The van der Waals surface area contributed by atoms with Crippen LogP contribution in [0.5, 0.6) is 11.5 Å². The summed E-state index contributed by atoms with van der Waals surface area (Å²) in [4.78, 5) is 14.4. The number of rotatable bonds is 6. The maximum absolute atomic E-state index is 12.1. The Labute approximate surface area is 154 Å². The Hall–Kier alpha value is -2.95. The van der Waals surface area contributed by atoms with Crippen LogP contribution in [0.15, 0.2) is 48.5 Å². The number of ether oxygens (including phenoxy) is 2. The van der Waals surface area contributed by atoms with E-state index in [1.54, 1.807) is 6.08 Å². The van der Waals surface area contributed by atoms with Crippen molar-refractivity contribution in [2.45, 2.75) is 26.8 Å². The van der Waals surface area contributed by atoms with Gasteiger partial charge in [-0.15, -0.1) is 0 Å². The first-order valence-electron chi connectivity index (χ1n) is 8.82. The van der Waals surface area contributed by atoms with Gasteiger partial charge in [-0.3, -0.25) is 4.79 Å². The molecule has 0 saturated heterocycles. The van der Waals surface area contributed by atoms with E-state index in [1.165, 1.54) is 6.08 Å². The lowest BCUT2D eigenvalue weighted by atomic mass is 10.2. The molecule has 2 aromatic carbocycles. The molecule has 0 bridgehead atoms. The molecule has 2 aromatic rings. The van der Waals surface area contributed by atoms with E-state index in [1.807, 2.05) is 42.5 Å². The van der Waals surface area contributed by atoms with Crippen molar-refractivity contribution in [2.24, 2.45) is 0 Å². The Kier molecular flexibility index (Phi) is 5.46. The van der Waals surface area contributed by atoms with Gasteiger partial charge in [0.15, 0.2) is 11.5 Å². The first-order valence-corrected chi connectivity index (χ1v) is 8.82. The Morgan fingerprint density at radius 3 is 2.58 bits per heavy atom. The molecule has 0 atom stereocenters. The number of nitrogens with zero attached hydrogens (tertiary/aromatic N) is 1. The molecule has 0 aliphatic carbocycles. The van der Waals surface area contributed by atoms with Crippen LogP contribution in [0.25, 0.3) is 6.08 Å². The molecule has 0 fully saturated rings. The summed E-state index contributed by atoms with van der Waals surface area (Å²) in [6, 6.07) is 13.9. The fraction of sp³-hybridized carbons (Fsp3) is 0.286. The molecule has 0 radical (unpaired) electrons. The molecule has 1 amide bonds. The van der Waals surface area contributed by atoms with Crippen molar-refractivity contribution in [3.8, 4) is 11.5 Å². The van der Waals surface area contributed by atoms with E-state index >= 15 is 0 Å². The van der Waals surface area contributed by atoms with Gasteiger partial charge in [-0.25, -0.2) is 0 Å². The van der Waals surface area contributed by atoms with Gasteiger partial charge in [0.2, 0.25) is 12.7 Å². The summed E-state index contributed by atoms with van der Waals surface area (Å²) in [6.07, 6.45) is 3.27. The van der Waals surface area contributed by atoms with Gasteiger partial charge in [-0.2, -0.15) is 0 Å². The third-order valence-electron chi connectivity index (χ3n) is 4.25. The van der Waals surface area contributed by atoms with Crippen molar-refractivity contribution in [1.29, 1.82) is 0 Å². The lowest BCUT2D eigenvalue weighted by molar-refractivity contribution is -0.111. The van der Waals surface area contributed by atoms with Crippen LogP contribution < -0.4 is 19.7 Å². The summed E-state index contributed by atoms with van der Waals surface area (Å²) in [7, 11) is 0. The van der Waals surface area contributed by atoms with Crippen LogP contribution in [0.3, 0.4) is 0 Å². The number of fused-ring (bicyclic) bond motifs is 1. The van der Waals surface area contributed by atoms with Gasteiger partial charge < -0.3 is 19.7 Å². The number of carbonyl (C=O) groups is 1. The molecule has 0 saturated carbocycles.